The fraction of sp³-hybridized carbons (Fsp3) is 0.429. The molecular formula is C21H24N4OS. The van der Waals surface area contributed by atoms with Gasteiger partial charge in [-0.3, -0.25) is 4.79 Å². The molecule has 2 aliphatic rings. The van der Waals surface area contributed by atoms with Gasteiger partial charge in [0, 0.05) is 48.8 Å². The monoisotopic (exact) mass is 380 g/mol. The van der Waals surface area contributed by atoms with Gasteiger partial charge in [0.2, 0.25) is 0 Å². The zero-order chi connectivity index (χ0) is 18.2. The van der Waals surface area contributed by atoms with Crippen molar-refractivity contribution in [1.29, 1.82) is 0 Å². The molecule has 0 radical (unpaired) electrons. The van der Waals surface area contributed by atoms with Crippen LogP contribution in [0.1, 0.15) is 40.9 Å². The number of carbonyl (C=O) groups excluding carboxylic acids is 1. The molecule has 5 rings (SSSR count). The van der Waals surface area contributed by atoms with Crippen LogP contribution in [0.2, 0.25) is 0 Å². The molecule has 0 spiro atoms. The fourth-order valence-electron chi connectivity index (χ4n) is 4.46. The van der Waals surface area contributed by atoms with Crippen molar-refractivity contribution in [3.05, 3.63) is 46.6 Å². The van der Waals surface area contributed by atoms with E-state index in [4.69, 9.17) is 0 Å². The number of benzene rings is 1. The van der Waals surface area contributed by atoms with Gasteiger partial charge in [-0.05, 0) is 43.7 Å². The highest BCUT2D eigenvalue weighted by molar-refractivity contribution is 7.13. The molecule has 6 heteroatoms. The molecule has 27 heavy (non-hydrogen) atoms. The summed E-state index contributed by atoms with van der Waals surface area (Å²) in [6.07, 6.45) is 7.53. The molecule has 1 aromatic carbocycles. The summed E-state index contributed by atoms with van der Waals surface area (Å²) < 4.78 is 0. The van der Waals surface area contributed by atoms with Gasteiger partial charge in [0.1, 0.15) is 0 Å². The minimum atomic E-state index is 0.153. The number of H-pyrrole nitrogens is 1. The van der Waals surface area contributed by atoms with Crippen molar-refractivity contribution in [3.8, 4) is 0 Å². The fourth-order valence-corrected chi connectivity index (χ4v) is 5.16. The average molecular weight is 381 g/mol. The second-order valence-electron chi connectivity index (χ2n) is 7.46. The minimum Gasteiger partial charge on any atom is -0.358 e. The number of amides is 1. The third kappa shape index (κ3) is 3.02. The molecular weight excluding hydrogens is 356 g/mol. The summed E-state index contributed by atoms with van der Waals surface area (Å²) in [6.45, 7) is 3.35. The largest absolute Gasteiger partial charge is 0.358 e. The molecule has 2 aromatic heterocycles. The Hall–Kier alpha value is -2.34. The highest BCUT2D eigenvalue weighted by atomic mass is 32.1. The first-order chi connectivity index (χ1) is 13.3. The Kier molecular flexibility index (Phi) is 4.36. The molecule has 140 valence electrons. The number of aromatic nitrogens is 2. The molecule has 0 bridgehead atoms. The number of fused-ring (bicyclic) bond motifs is 3. The van der Waals surface area contributed by atoms with Crippen LogP contribution in [0.5, 0.6) is 0 Å². The zero-order valence-electron chi connectivity index (χ0n) is 15.4. The number of nitrogens with one attached hydrogen (secondary N) is 1. The van der Waals surface area contributed by atoms with Crippen molar-refractivity contribution in [1.82, 2.24) is 14.9 Å². The molecule has 0 unspecified atom stereocenters. The number of thiazole rings is 1. The van der Waals surface area contributed by atoms with E-state index in [0.717, 1.165) is 61.7 Å². The smallest absolute Gasteiger partial charge is 0.256 e. The Morgan fingerprint density at radius 3 is 2.89 bits per heavy atom. The summed E-state index contributed by atoms with van der Waals surface area (Å²) in [6, 6.07) is 6.19. The zero-order valence-corrected chi connectivity index (χ0v) is 16.2. The number of hydrogen-bond donors (Lipinski definition) is 1. The Balaban J connectivity index is 1.41. The first-order valence-electron chi connectivity index (χ1n) is 9.87. The van der Waals surface area contributed by atoms with Crippen LogP contribution in [0.4, 0.5) is 5.13 Å². The van der Waals surface area contributed by atoms with Gasteiger partial charge in [-0.1, -0.05) is 12.1 Å². The number of para-hydroxylation sites is 1. The summed E-state index contributed by atoms with van der Waals surface area (Å²) in [4.78, 5) is 25.7. The van der Waals surface area contributed by atoms with Crippen LogP contribution in [0, 0.1) is 0 Å². The molecule has 3 aromatic rings. The van der Waals surface area contributed by atoms with Gasteiger partial charge < -0.3 is 14.8 Å². The lowest BCUT2D eigenvalue weighted by molar-refractivity contribution is 0.0769. The van der Waals surface area contributed by atoms with E-state index in [2.05, 4.69) is 20.9 Å². The van der Waals surface area contributed by atoms with Crippen LogP contribution in [-0.2, 0) is 12.8 Å². The number of aryl methyl sites for hydroxylation is 2. The van der Waals surface area contributed by atoms with Crippen LogP contribution < -0.4 is 4.90 Å². The van der Waals surface area contributed by atoms with Crippen LogP contribution in [0.3, 0.4) is 0 Å². The van der Waals surface area contributed by atoms with Crippen LogP contribution in [-0.4, -0.2) is 47.0 Å². The topological polar surface area (TPSA) is 52.2 Å². The van der Waals surface area contributed by atoms with Crippen molar-refractivity contribution in [2.75, 3.05) is 31.1 Å². The van der Waals surface area contributed by atoms with E-state index in [0.29, 0.717) is 0 Å². The number of rotatable bonds is 2. The Morgan fingerprint density at radius 1 is 1.07 bits per heavy atom. The standard InChI is InChI=1S/C21H24N4OS/c26-20(24-10-4-11-25(13-12-24)21-22-9-14-27-21)17-7-3-6-16-15-5-1-2-8-18(15)23-19(16)17/h3,6-7,9,14,23H,1-2,4-5,8,10-13H2. The van der Waals surface area contributed by atoms with Gasteiger partial charge in [-0.15, -0.1) is 11.3 Å². The highest BCUT2D eigenvalue weighted by Gasteiger charge is 2.24. The van der Waals surface area contributed by atoms with Gasteiger partial charge in [-0.2, -0.15) is 0 Å². The van der Waals surface area contributed by atoms with Crippen molar-refractivity contribution >= 4 is 33.3 Å². The van der Waals surface area contributed by atoms with Gasteiger partial charge in [0.05, 0.1) is 11.1 Å². The first kappa shape index (κ1) is 16.8. The van der Waals surface area contributed by atoms with Crippen molar-refractivity contribution < 1.29 is 4.79 Å². The summed E-state index contributed by atoms with van der Waals surface area (Å²) in [5, 5.41) is 4.31. The van der Waals surface area contributed by atoms with Crippen LogP contribution in [0.15, 0.2) is 29.8 Å². The number of aromatic amines is 1. The molecule has 1 fully saturated rings. The maximum absolute atomic E-state index is 13.3. The predicted molar refractivity (Wildman–Crippen MR) is 110 cm³/mol. The second kappa shape index (κ2) is 7.00. The van der Waals surface area contributed by atoms with Crippen LogP contribution in [0.25, 0.3) is 10.9 Å². The summed E-state index contributed by atoms with van der Waals surface area (Å²) in [7, 11) is 0. The van der Waals surface area contributed by atoms with Crippen molar-refractivity contribution in [2.24, 2.45) is 0 Å². The van der Waals surface area contributed by atoms with E-state index < -0.39 is 0 Å². The van der Waals surface area contributed by atoms with Crippen molar-refractivity contribution in [2.45, 2.75) is 32.1 Å². The van der Waals surface area contributed by atoms with Gasteiger partial charge in [0.25, 0.3) is 5.91 Å². The van der Waals surface area contributed by atoms with E-state index in [1.165, 1.54) is 29.5 Å². The third-order valence-corrected chi connectivity index (χ3v) is 6.67. The maximum atomic E-state index is 13.3. The number of nitrogens with zero attached hydrogens (tertiary/aromatic N) is 3. The predicted octanol–water partition coefficient (Wildman–Crippen LogP) is 3.86. The Labute approximate surface area is 163 Å². The summed E-state index contributed by atoms with van der Waals surface area (Å²) in [5.41, 5.74) is 4.62. The molecule has 1 aliphatic heterocycles. The SMILES string of the molecule is O=C(c1cccc2c3c([nH]c12)CCCC3)N1CCCN(c2nccs2)CC1. The number of anilines is 1. The third-order valence-electron chi connectivity index (χ3n) is 5.84. The van der Waals surface area contributed by atoms with Crippen LogP contribution >= 0.6 is 11.3 Å². The number of carbonyl (C=O) groups is 1. The first-order valence-corrected chi connectivity index (χ1v) is 10.8. The Bertz CT molecular complexity index is 962. The van der Waals surface area contributed by atoms with Gasteiger partial charge >= 0.3 is 0 Å². The highest BCUT2D eigenvalue weighted by Crippen LogP contribution is 2.31. The lowest BCUT2D eigenvalue weighted by Crippen LogP contribution is -2.35. The molecule has 3 heterocycles. The molecule has 1 saturated heterocycles. The van der Waals surface area contributed by atoms with E-state index in [9.17, 15) is 4.79 Å². The van der Waals surface area contributed by atoms with Gasteiger partial charge in [0.15, 0.2) is 5.13 Å². The normalized spacial score (nSPS) is 17.8. The second-order valence-corrected chi connectivity index (χ2v) is 8.34. The average Bonchev–Trinajstić information content (AvgIpc) is 3.29. The maximum Gasteiger partial charge on any atom is 0.256 e. The van der Waals surface area contributed by atoms with E-state index >= 15 is 0 Å². The molecule has 0 saturated carbocycles. The lowest BCUT2D eigenvalue weighted by Gasteiger charge is -2.22. The quantitative estimate of drug-likeness (QED) is 0.735. The van der Waals surface area contributed by atoms with Gasteiger partial charge in [-0.25, -0.2) is 4.98 Å². The van der Waals surface area contributed by atoms with E-state index in [1.807, 2.05) is 28.6 Å². The molecule has 1 aliphatic carbocycles. The minimum absolute atomic E-state index is 0.153. The molecule has 1 amide bonds. The lowest BCUT2D eigenvalue weighted by atomic mass is 9.95. The molecule has 1 N–H and O–H groups in total. The Morgan fingerprint density at radius 2 is 2.00 bits per heavy atom. The van der Waals surface area contributed by atoms with E-state index in [-0.39, 0.29) is 5.91 Å². The van der Waals surface area contributed by atoms with E-state index in [1.54, 1.807) is 11.3 Å². The molecule has 5 nitrogen and oxygen atoms in total. The molecule has 0 atom stereocenters. The summed E-state index contributed by atoms with van der Waals surface area (Å²) in [5.74, 6) is 0.153. The van der Waals surface area contributed by atoms with Crippen molar-refractivity contribution in [3.63, 3.8) is 0 Å². The number of hydrogen-bond acceptors (Lipinski definition) is 4. The summed E-state index contributed by atoms with van der Waals surface area (Å²) >= 11 is 1.67.